The Kier molecular flexibility index (Phi) is 4.54. The molecule has 0 spiro atoms. The molecular formula is C26H22FN3O. The van der Waals surface area contributed by atoms with Gasteiger partial charge in [0.25, 0.3) is 0 Å². The summed E-state index contributed by atoms with van der Waals surface area (Å²) in [6.45, 7) is 3.97. The van der Waals surface area contributed by atoms with Crippen LogP contribution in [0.5, 0.6) is 0 Å². The van der Waals surface area contributed by atoms with Gasteiger partial charge in [-0.05, 0) is 49.2 Å². The Morgan fingerprint density at radius 3 is 2.52 bits per heavy atom. The van der Waals surface area contributed by atoms with Gasteiger partial charge in [-0.2, -0.15) is 5.10 Å². The number of benzene rings is 2. The minimum atomic E-state index is -0.361. The van der Waals surface area contributed by atoms with Crippen LogP contribution in [0.2, 0.25) is 0 Å². The zero-order chi connectivity index (χ0) is 21.6. The first-order valence-corrected chi connectivity index (χ1v) is 10.4. The van der Waals surface area contributed by atoms with Crippen LogP contribution in [-0.2, 0) is 6.42 Å². The van der Waals surface area contributed by atoms with Crippen molar-refractivity contribution < 1.29 is 9.18 Å². The van der Waals surface area contributed by atoms with Crippen molar-refractivity contribution in [3.05, 3.63) is 89.9 Å². The van der Waals surface area contributed by atoms with Crippen molar-refractivity contribution in [3.8, 4) is 28.3 Å². The third-order valence-electron chi connectivity index (χ3n) is 5.91. The van der Waals surface area contributed by atoms with Crippen LogP contribution in [0.4, 0.5) is 4.39 Å². The largest absolute Gasteiger partial charge is 0.294 e. The number of fused-ring (bicyclic) bond motifs is 1. The van der Waals surface area contributed by atoms with Gasteiger partial charge in [-0.1, -0.05) is 50.2 Å². The lowest BCUT2D eigenvalue weighted by atomic mass is 9.75. The first kappa shape index (κ1) is 19.4. The SMILES string of the molecule is CC1(C)CCc2nc(-c3cc(-c4ccccc4)nn3-c3cccc(F)c3)ccc2C1=O. The zero-order valence-electron chi connectivity index (χ0n) is 17.5. The van der Waals surface area contributed by atoms with Crippen LogP contribution in [0.1, 0.15) is 36.3 Å². The van der Waals surface area contributed by atoms with Crippen molar-refractivity contribution in [2.75, 3.05) is 0 Å². The Labute approximate surface area is 180 Å². The molecule has 0 bridgehead atoms. The van der Waals surface area contributed by atoms with Gasteiger partial charge in [-0.25, -0.2) is 9.07 Å². The Bertz CT molecular complexity index is 1290. The van der Waals surface area contributed by atoms with Crippen molar-refractivity contribution >= 4 is 5.78 Å². The highest BCUT2D eigenvalue weighted by Crippen LogP contribution is 2.36. The third-order valence-corrected chi connectivity index (χ3v) is 5.91. The molecule has 0 fully saturated rings. The second-order valence-corrected chi connectivity index (χ2v) is 8.58. The van der Waals surface area contributed by atoms with Gasteiger partial charge in [-0.15, -0.1) is 0 Å². The quantitative estimate of drug-likeness (QED) is 0.422. The lowest BCUT2D eigenvalue weighted by Gasteiger charge is -2.29. The lowest BCUT2D eigenvalue weighted by molar-refractivity contribution is 0.0809. The molecule has 0 unspecified atom stereocenters. The van der Waals surface area contributed by atoms with E-state index in [1.807, 2.05) is 68.4 Å². The number of ketones is 1. The first-order chi connectivity index (χ1) is 14.9. The smallest absolute Gasteiger partial charge is 0.170 e. The van der Waals surface area contributed by atoms with Gasteiger partial charge in [0, 0.05) is 16.5 Å². The van der Waals surface area contributed by atoms with Gasteiger partial charge < -0.3 is 0 Å². The van der Waals surface area contributed by atoms with Crippen molar-refractivity contribution in [3.63, 3.8) is 0 Å². The van der Waals surface area contributed by atoms with E-state index in [0.717, 1.165) is 35.5 Å². The Balaban J connectivity index is 1.67. The summed E-state index contributed by atoms with van der Waals surface area (Å²) < 4.78 is 15.7. The molecule has 5 heteroatoms. The Morgan fingerprint density at radius 2 is 1.74 bits per heavy atom. The van der Waals surface area contributed by atoms with E-state index in [1.54, 1.807) is 10.7 Å². The molecule has 0 amide bonds. The van der Waals surface area contributed by atoms with E-state index in [-0.39, 0.29) is 17.0 Å². The summed E-state index contributed by atoms with van der Waals surface area (Å²) in [5.74, 6) is -0.192. The molecule has 4 aromatic rings. The zero-order valence-corrected chi connectivity index (χ0v) is 17.5. The fraction of sp³-hybridized carbons (Fsp3) is 0.192. The number of aryl methyl sites for hydroxylation is 1. The summed E-state index contributed by atoms with van der Waals surface area (Å²) in [6.07, 6.45) is 1.52. The van der Waals surface area contributed by atoms with Crippen LogP contribution < -0.4 is 0 Å². The molecule has 5 rings (SSSR count). The second kappa shape index (κ2) is 7.27. The standard InChI is InChI=1S/C26H22FN3O/c1-26(2)14-13-21-20(25(26)31)11-12-22(28-21)24-16-23(17-7-4-3-5-8-17)29-30(24)19-10-6-9-18(27)15-19/h3-12,15-16H,13-14H2,1-2H3. The maximum atomic E-state index is 14.0. The highest BCUT2D eigenvalue weighted by Gasteiger charge is 2.35. The van der Waals surface area contributed by atoms with Gasteiger partial charge in [0.15, 0.2) is 5.78 Å². The minimum absolute atomic E-state index is 0.136. The van der Waals surface area contributed by atoms with E-state index in [4.69, 9.17) is 10.1 Å². The number of halogens is 1. The minimum Gasteiger partial charge on any atom is -0.294 e. The maximum Gasteiger partial charge on any atom is 0.170 e. The molecule has 1 aliphatic rings. The summed E-state index contributed by atoms with van der Waals surface area (Å²) in [6, 6.07) is 21.9. The van der Waals surface area contributed by atoms with E-state index in [0.29, 0.717) is 16.9 Å². The summed E-state index contributed by atoms with van der Waals surface area (Å²) in [7, 11) is 0. The first-order valence-electron chi connectivity index (χ1n) is 10.4. The van der Waals surface area contributed by atoms with Crippen molar-refractivity contribution in [2.24, 2.45) is 5.41 Å². The van der Waals surface area contributed by atoms with E-state index >= 15 is 0 Å². The van der Waals surface area contributed by atoms with Crippen LogP contribution in [0.25, 0.3) is 28.3 Å². The number of pyridine rings is 1. The van der Waals surface area contributed by atoms with E-state index in [9.17, 15) is 9.18 Å². The van der Waals surface area contributed by atoms with Gasteiger partial charge in [-0.3, -0.25) is 9.78 Å². The predicted molar refractivity (Wildman–Crippen MR) is 119 cm³/mol. The number of carbonyl (C=O) groups excluding carboxylic acids is 1. The molecule has 1 aliphatic carbocycles. The molecule has 31 heavy (non-hydrogen) atoms. The molecule has 0 aliphatic heterocycles. The number of hydrogen-bond donors (Lipinski definition) is 0. The summed E-state index contributed by atoms with van der Waals surface area (Å²) in [5, 5.41) is 4.76. The fourth-order valence-electron chi connectivity index (χ4n) is 4.07. The van der Waals surface area contributed by atoms with Crippen molar-refractivity contribution in [1.82, 2.24) is 14.8 Å². The van der Waals surface area contributed by atoms with E-state index in [1.165, 1.54) is 12.1 Å². The molecule has 2 aromatic heterocycles. The van der Waals surface area contributed by atoms with Crippen LogP contribution in [0, 0.1) is 11.2 Å². The van der Waals surface area contributed by atoms with Crippen LogP contribution >= 0.6 is 0 Å². The topological polar surface area (TPSA) is 47.8 Å². The van der Waals surface area contributed by atoms with Gasteiger partial charge in [0.05, 0.1) is 28.5 Å². The number of Topliss-reactive ketones (excluding diaryl/α,β-unsaturated/α-hetero) is 1. The molecule has 2 heterocycles. The molecule has 0 saturated heterocycles. The molecule has 4 nitrogen and oxygen atoms in total. The van der Waals surface area contributed by atoms with E-state index in [2.05, 4.69) is 0 Å². The highest BCUT2D eigenvalue weighted by molar-refractivity contribution is 6.02. The third kappa shape index (κ3) is 3.46. The number of nitrogens with zero attached hydrogens (tertiary/aromatic N) is 3. The van der Waals surface area contributed by atoms with Crippen LogP contribution in [0.3, 0.4) is 0 Å². The molecule has 0 radical (unpaired) electrons. The Morgan fingerprint density at radius 1 is 0.935 bits per heavy atom. The van der Waals surface area contributed by atoms with Gasteiger partial charge >= 0.3 is 0 Å². The summed E-state index contributed by atoms with van der Waals surface area (Å²) in [5.41, 5.74) is 4.98. The number of rotatable bonds is 3. The normalized spacial score (nSPS) is 15.0. The molecule has 0 N–H and O–H groups in total. The second-order valence-electron chi connectivity index (χ2n) is 8.58. The number of carbonyl (C=O) groups is 1. The molecule has 0 saturated carbocycles. The summed E-state index contributed by atoms with van der Waals surface area (Å²) >= 11 is 0. The molecule has 0 atom stereocenters. The average molecular weight is 411 g/mol. The number of aromatic nitrogens is 3. The lowest BCUT2D eigenvalue weighted by Crippen LogP contribution is -2.31. The van der Waals surface area contributed by atoms with Gasteiger partial charge in [0.1, 0.15) is 5.82 Å². The monoisotopic (exact) mass is 411 g/mol. The molecular weight excluding hydrogens is 389 g/mol. The van der Waals surface area contributed by atoms with Crippen molar-refractivity contribution in [2.45, 2.75) is 26.7 Å². The maximum absolute atomic E-state index is 14.0. The van der Waals surface area contributed by atoms with Crippen LogP contribution in [0.15, 0.2) is 72.8 Å². The number of hydrogen-bond acceptors (Lipinski definition) is 3. The highest BCUT2D eigenvalue weighted by atomic mass is 19.1. The van der Waals surface area contributed by atoms with Crippen LogP contribution in [-0.4, -0.2) is 20.5 Å². The molecule has 154 valence electrons. The fourth-order valence-corrected chi connectivity index (χ4v) is 4.07. The van der Waals surface area contributed by atoms with Crippen molar-refractivity contribution in [1.29, 1.82) is 0 Å². The predicted octanol–water partition coefficient (Wildman–Crippen LogP) is 5.90. The van der Waals surface area contributed by atoms with Gasteiger partial charge in [0.2, 0.25) is 0 Å². The van der Waals surface area contributed by atoms with E-state index < -0.39 is 0 Å². The molecule has 2 aromatic carbocycles. The summed E-state index contributed by atoms with van der Waals surface area (Å²) in [4.78, 5) is 17.6. The Hall–Kier alpha value is -3.60. The average Bonchev–Trinajstić information content (AvgIpc) is 3.23.